The van der Waals surface area contributed by atoms with Crippen LogP contribution in [-0.4, -0.2) is 4.69 Å². The molecular formula is C9H5BrO. The van der Waals surface area contributed by atoms with Gasteiger partial charge in [-0.3, -0.25) is 4.79 Å². The SMILES string of the molecule is O=C(Br)C#Cc1ccccc1. The predicted octanol–water partition coefficient (Wildman–Crippen LogP) is 1.96. The van der Waals surface area contributed by atoms with Gasteiger partial charge in [0, 0.05) is 21.5 Å². The van der Waals surface area contributed by atoms with Crippen LogP contribution in [0.4, 0.5) is 0 Å². The first kappa shape index (κ1) is 8.03. The number of carbonyl (C=O) groups excluding carboxylic acids is 1. The van der Waals surface area contributed by atoms with E-state index in [4.69, 9.17) is 0 Å². The van der Waals surface area contributed by atoms with Gasteiger partial charge in [-0.25, -0.2) is 0 Å². The summed E-state index contributed by atoms with van der Waals surface area (Å²) in [5.41, 5.74) is 0.848. The second-order valence-electron chi connectivity index (χ2n) is 1.89. The van der Waals surface area contributed by atoms with Crippen molar-refractivity contribution in [2.45, 2.75) is 0 Å². The maximum absolute atomic E-state index is 10.4. The molecule has 0 radical (unpaired) electrons. The van der Waals surface area contributed by atoms with Crippen LogP contribution in [0.2, 0.25) is 0 Å². The molecule has 0 N–H and O–H groups in total. The second-order valence-corrected chi connectivity index (χ2v) is 2.61. The molecule has 1 aromatic rings. The standard InChI is InChI=1S/C9H5BrO/c10-9(11)7-6-8-4-2-1-3-5-8/h1-5H. The first-order chi connectivity index (χ1) is 5.29. The van der Waals surface area contributed by atoms with Gasteiger partial charge in [-0.1, -0.05) is 24.1 Å². The lowest BCUT2D eigenvalue weighted by atomic mass is 10.2. The normalized spacial score (nSPS) is 8.09. The average Bonchev–Trinajstić information content (AvgIpc) is 2.03. The fraction of sp³-hybridized carbons (Fsp3) is 0. The Kier molecular flexibility index (Phi) is 2.88. The molecule has 1 nitrogen and oxygen atoms in total. The van der Waals surface area contributed by atoms with Crippen molar-refractivity contribution in [2.24, 2.45) is 0 Å². The number of rotatable bonds is 0. The molecule has 0 unspecified atom stereocenters. The Morgan fingerprint density at radius 3 is 2.45 bits per heavy atom. The van der Waals surface area contributed by atoms with Crippen LogP contribution >= 0.6 is 15.9 Å². The summed E-state index contributed by atoms with van der Waals surface area (Å²) in [4.78, 5) is 10.4. The molecule has 1 rings (SSSR count). The summed E-state index contributed by atoms with van der Waals surface area (Å²) in [6, 6.07) is 9.36. The lowest BCUT2D eigenvalue weighted by molar-refractivity contribution is -0.105. The minimum atomic E-state index is -0.290. The molecule has 1 aromatic carbocycles. The van der Waals surface area contributed by atoms with Crippen LogP contribution in [0.15, 0.2) is 30.3 Å². The molecule has 0 fully saturated rings. The van der Waals surface area contributed by atoms with E-state index in [1.165, 1.54) is 0 Å². The van der Waals surface area contributed by atoms with Gasteiger partial charge < -0.3 is 0 Å². The number of carbonyl (C=O) groups is 1. The van der Waals surface area contributed by atoms with Crippen LogP contribution in [0, 0.1) is 11.8 Å². The largest absolute Gasteiger partial charge is 0.272 e. The van der Waals surface area contributed by atoms with Crippen molar-refractivity contribution in [3.8, 4) is 11.8 Å². The van der Waals surface area contributed by atoms with E-state index < -0.39 is 0 Å². The molecule has 0 saturated heterocycles. The summed E-state index contributed by atoms with van der Waals surface area (Å²) in [5.74, 6) is 5.09. The minimum absolute atomic E-state index is 0.290. The molecule has 11 heavy (non-hydrogen) atoms. The molecule has 0 saturated carbocycles. The Bertz CT molecular complexity index is 305. The van der Waals surface area contributed by atoms with Crippen molar-refractivity contribution in [1.29, 1.82) is 0 Å². The van der Waals surface area contributed by atoms with Crippen LogP contribution in [0.25, 0.3) is 0 Å². The van der Waals surface area contributed by atoms with E-state index in [2.05, 4.69) is 27.8 Å². The highest BCUT2D eigenvalue weighted by Crippen LogP contribution is 1.94. The van der Waals surface area contributed by atoms with Crippen molar-refractivity contribution in [2.75, 3.05) is 0 Å². The van der Waals surface area contributed by atoms with Crippen LogP contribution < -0.4 is 0 Å². The van der Waals surface area contributed by atoms with Gasteiger partial charge in [-0.05, 0) is 18.1 Å². The van der Waals surface area contributed by atoms with E-state index in [1.54, 1.807) is 0 Å². The van der Waals surface area contributed by atoms with Gasteiger partial charge in [0.1, 0.15) is 0 Å². The van der Waals surface area contributed by atoms with Crippen LogP contribution in [0.3, 0.4) is 0 Å². The van der Waals surface area contributed by atoms with Crippen LogP contribution in [0.5, 0.6) is 0 Å². The van der Waals surface area contributed by atoms with Crippen LogP contribution in [-0.2, 0) is 4.79 Å². The molecule has 0 aliphatic carbocycles. The quantitative estimate of drug-likeness (QED) is 0.471. The summed E-state index contributed by atoms with van der Waals surface area (Å²) < 4.78 is -0.290. The van der Waals surface area contributed by atoms with E-state index in [0.717, 1.165) is 5.56 Å². The molecule has 54 valence electrons. The molecule has 2 heteroatoms. The van der Waals surface area contributed by atoms with Crippen molar-refractivity contribution in [3.05, 3.63) is 35.9 Å². The highest BCUT2D eigenvalue weighted by molar-refractivity contribution is 9.18. The molecular weight excluding hydrogens is 204 g/mol. The fourth-order valence-electron chi connectivity index (χ4n) is 0.643. The van der Waals surface area contributed by atoms with Crippen molar-refractivity contribution >= 4 is 20.6 Å². The van der Waals surface area contributed by atoms with Gasteiger partial charge in [0.15, 0.2) is 0 Å². The fourth-order valence-corrected chi connectivity index (χ4v) is 0.742. The van der Waals surface area contributed by atoms with Crippen LogP contribution in [0.1, 0.15) is 5.56 Å². The van der Waals surface area contributed by atoms with Gasteiger partial charge in [0.05, 0.1) is 0 Å². The maximum atomic E-state index is 10.4. The third kappa shape index (κ3) is 3.01. The third-order valence-electron chi connectivity index (χ3n) is 1.08. The lowest BCUT2D eigenvalue weighted by Crippen LogP contribution is -1.76. The van der Waals surface area contributed by atoms with Gasteiger partial charge in [-0.2, -0.15) is 0 Å². The highest BCUT2D eigenvalue weighted by Gasteiger charge is 1.84. The summed E-state index contributed by atoms with van der Waals surface area (Å²) >= 11 is 2.72. The summed E-state index contributed by atoms with van der Waals surface area (Å²) in [7, 11) is 0. The van der Waals surface area contributed by atoms with Gasteiger partial charge in [-0.15, -0.1) is 0 Å². The number of benzene rings is 1. The third-order valence-corrected chi connectivity index (χ3v) is 1.28. The first-order valence-electron chi connectivity index (χ1n) is 3.05. The van der Waals surface area contributed by atoms with E-state index in [0.29, 0.717) is 0 Å². The Hall–Kier alpha value is -1.07. The van der Waals surface area contributed by atoms with Gasteiger partial charge in [0.25, 0.3) is 4.69 Å². The number of halogens is 1. The molecule has 0 aliphatic rings. The van der Waals surface area contributed by atoms with Crippen molar-refractivity contribution in [1.82, 2.24) is 0 Å². The lowest BCUT2D eigenvalue weighted by Gasteiger charge is -1.83. The molecule has 0 aromatic heterocycles. The number of hydrogen-bond donors (Lipinski definition) is 0. The second kappa shape index (κ2) is 3.95. The van der Waals surface area contributed by atoms with Gasteiger partial charge in [0.2, 0.25) is 0 Å². The zero-order valence-electron chi connectivity index (χ0n) is 5.67. The molecule has 0 aliphatic heterocycles. The molecule has 0 spiro atoms. The molecule has 0 amide bonds. The topological polar surface area (TPSA) is 17.1 Å². The van der Waals surface area contributed by atoms with Crippen molar-refractivity contribution in [3.63, 3.8) is 0 Å². The molecule has 0 atom stereocenters. The Labute approximate surface area is 73.6 Å². The van der Waals surface area contributed by atoms with Crippen molar-refractivity contribution < 1.29 is 4.79 Å². The number of hydrogen-bond acceptors (Lipinski definition) is 1. The summed E-state index contributed by atoms with van der Waals surface area (Å²) in [6.07, 6.45) is 0. The Balaban J connectivity index is 2.83. The Morgan fingerprint density at radius 2 is 1.91 bits per heavy atom. The minimum Gasteiger partial charge on any atom is -0.272 e. The van der Waals surface area contributed by atoms with Gasteiger partial charge >= 0.3 is 0 Å². The maximum Gasteiger partial charge on any atom is 0.271 e. The smallest absolute Gasteiger partial charge is 0.271 e. The average molecular weight is 209 g/mol. The highest BCUT2D eigenvalue weighted by atomic mass is 79.9. The summed E-state index contributed by atoms with van der Waals surface area (Å²) in [6.45, 7) is 0. The summed E-state index contributed by atoms with van der Waals surface area (Å²) in [5, 5.41) is 0. The van der Waals surface area contributed by atoms with E-state index in [-0.39, 0.29) is 4.69 Å². The molecule has 0 heterocycles. The first-order valence-corrected chi connectivity index (χ1v) is 3.85. The zero-order valence-corrected chi connectivity index (χ0v) is 7.26. The van der Waals surface area contributed by atoms with E-state index in [9.17, 15) is 4.79 Å². The van der Waals surface area contributed by atoms with E-state index >= 15 is 0 Å². The zero-order chi connectivity index (χ0) is 8.10. The Morgan fingerprint density at radius 1 is 1.27 bits per heavy atom. The monoisotopic (exact) mass is 208 g/mol. The predicted molar refractivity (Wildman–Crippen MR) is 47.3 cm³/mol. The molecule has 0 bridgehead atoms. The van der Waals surface area contributed by atoms with E-state index in [1.807, 2.05) is 30.3 Å².